The van der Waals surface area contributed by atoms with Crippen molar-refractivity contribution >= 4 is 22.6 Å². The topological polar surface area (TPSA) is 75.6 Å². The average Bonchev–Trinajstić information content (AvgIpc) is 2.54. The molecule has 0 fully saturated rings. The van der Waals surface area contributed by atoms with Crippen LogP contribution in [-0.2, 0) is 20.7 Å². The minimum Gasteiger partial charge on any atom is -0.479 e. The molecule has 0 saturated heterocycles. The van der Waals surface area contributed by atoms with Crippen molar-refractivity contribution in [2.45, 2.75) is 31.7 Å². The lowest BCUT2D eigenvalue weighted by Gasteiger charge is -2.25. The van der Waals surface area contributed by atoms with Gasteiger partial charge in [0.25, 0.3) is 0 Å². The van der Waals surface area contributed by atoms with Crippen molar-refractivity contribution in [3.8, 4) is 0 Å². The maximum atomic E-state index is 12.0. The number of carboxylic acids is 1. The van der Waals surface area contributed by atoms with Crippen LogP contribution in [0.5, 0.6) is 0 Å². The molecule has 0 radical (unpaired) electrons. The number of benzene rings is 2. The number of aryl methyl sites for hydroxylation is 1. The van der Waals surface area contributed by atoms with Crippen LogP contribution in [0.25, 0.3) is 10.8 Å². The molecule has 0 aliphatic heterocycles. The second kappa shape index (κ2) is 7.93. The molecule has 0 saturated carbocycles. The van der Waals surface area contributed by atoms with Gasteiger partial charge in [-0.25, -0.2) is 4.79 Å². The number of nitrogens with one attached hydrogen (secondary N) is 1. The third-order valence-electron chi connectivity index (χ3n) is 4.00. The highest BCUT2D eigenvalue weighted by molar-refractivity contribution is 5.87. The number of hydrogen-bond donors (Lipinski definition) is 2. The fraction of sp³-hybridized carbons (Fsp3) is 0.368. The molecule has 2 rings (SSSR count). The largest absolute Gasteiger partial charge is 0.479 e. The fourth-order valence-electron chi connectivity index (χ4n) is 2.66. The Labute approximate surface area is 141 Å². The van der Waals surface area contributed by atoms with E-state index in [1.165, 1.54) is 30.4 Å². The number of fused-ring (bicyclic) bond motifs is 1. The van der Waals surface area contributed by atoms with Crippen LogP contribution in [0.4, 0.5) is 0 Å². The minimum absolute atomic E-state index is 0.0707. The summed E-state index contributed by atoms with van der Waals surface area (Å²) in [5.41, 5.74) is -0.228. The van der Waals surface area contributed by atoms with Gasteiger partial charge in [-0.05, 0) is 36.1 Å². The van der Waals surface area contributed by atoms with E-state index in [2.05, 4.69) is 35.6 Å². The zero-order valence-electron chi connectivity index (χ0n) is 14.0. The highest BCUT2D eigenvalue weighted by Gasteiger charge is 2.34. The Balaban J connectivity index is 1.88. The van der Waals surface area contributed by atoms with Gasteiger partial charge >= 0.3 is 5.97 Å². The molecule has 2 aromatic rings. The van der Waals surface area contributed by atoms with Gasteiger partial charge in [-0.1, -0.05) is 42.5 Å². The number of rotatable bonds is 8. The number of aliphatic carboxylic acids is 1. The molecule has 2 N–H and O–H groups in total. The van der Waals surface area contributed by atoms with Crippen molar-refractivity contribution in [1.82, 2.24) is 5.32 Å². The van der Waals surface area contributed by atoms with Crippen molar-refractivity contribution in [2.75, 3.05) is 13.7 Å². The smallest absolute Gasteiger partial charge is 0.331 e. The first-order chi connectivity index (χ1) is 11.4. The number of amides is 1. The fourth-order valence-corrected chi connectivity index (χ4v) is 2.66. The molecule has 0 bridgehead atoms. The molecule has 128 valence electrons. The van der Waals surface area contributed by atoms with Crippen molar-refractivity contribution in [3.05, 3.63) is 48.0 Å². The molecule has 0 heterocycles. The molecular formula is C19H23NO4. The maximum absolute atomic E-state index is 12.0. The van der Waals surface area contributed by atoms with Gasteiger partial charge in [0.15, 0.2) is 5.54 Å². The third kappa shape index (κ3) is 4.55. The summed E-state index contributed by atoms with van der Waals surface area (Å²) in [6.07, 6.45) is 1.71. The standard InChI is InChI=1S/C19H23NO4/c1-19(13-24-2,18(22)23)20-17(21)9-5-6-14-10-11-15-7-3-4-8-16(15)12-14/h3-4,7-8,10-12H,5-6,9,13H2,1-2H3,(H,20,21)(H,22,23). The first kappa shape index (κ1) is 17.9. The highest BCUT2D eigenvalue weighted by atomic mass is 16.5. The van der Waals surface area contributed by atoms with E-state index in [4.69, 9.17) is 4.74 Å². The summed E-state index contributed by atoms with van der Waals surface area (Å²) < 4.78 is 4.89. The van der Waals surface area contributed by atoms with Gasteiger partial charge in [-0.3, -0.25) is 4.79 Å². The number of hydrogen-bond acceptors (Lipinski definition) is 3. The van der Waals surface area contributed by atoms with Crippen LogP contribution < -0.4 is 5.32 Å². The third-order valence-corrected chi connectivity index (χ3v) is 4.00. The van der Waals surface area contributed by atoms with E-state index >= 15 is 0 Å². The Hall–Kier alpha value is -2.40. The maximum Gasteiger partial charge on any atom is 0.331 e. The number of carbonyl (C=O) groups is 2. The second-order valence-corrected chi connectivity index (χ2v) is 6.15. The summed E-state index contributed by atoms with van der Waals surface area (Å²) in [6.45, 7) is 1.37. The molecule has 0 aliphatic rings. The second-order valence-electron chi connectivity index (χ2n) is 6.15. The van der Waals surface area contributed by atoms with Gasteiger partial charge in [0, 0.05) is 13.5 Å². The Bertz CT molecular complexity index is 728. The molecular weight excluding hydrogens is 306 g/mol. The predicted octanol–water partition coefficient (Wildman–Crippen LogP) is 2.77. The van der Waals surface area contributed by atoms with Crippen LogP contribution >= 0.6 is 0 Å². The van der Waals surface area contributed by atoms with E-state index in [1.54, 1.807) is 0 Å². The van der Waals surface area contributed by atoms with Gasteiger partial charge in [0.05, 0.1) is 6.61 Å². The quantitative estimate of drug-likeness (QED) is 0.781. The molecule has 24 heavy (non-hydrogen) atoms. The van der Waals surface area contributed by atoms with E-state index in [1.807, 2.05) is 12.1 Å². The van der Waals surface area contributed by atoms with Gasteiger partial charge in [0.1, 0.15) is 0 Å². The number of methoxy groups -OCH3 is 1. The summed E-state index contributed by atoms with van der Waals surface area (Å²) in [5, 5.41) is 14.1. The van der Waals surface area contributed by atoms with Crippen LogP contribution in [0.15, 0.2) is 42.5 Å². The van der Waals surface area contributed by atoms with Gasteiger partial charge in [-0.15, -0.1) is 0 Å². The SMILES string of the molecule is COCC(C)(NC(=O)CCCc1ccc2ccccc2c1)C(=O)O. The van der Waals surface area contributed by atoms with E-state index in [0.717, 1.165) is 6.42 Å². The number of ether oxygens (including phenoxy) is 1. The summed E-state index contributed by atoms with van der Waals surface area (Å²) >= 11 is 0. The number of carbonyl (C=O) groups excluding carboxylic acids is 1. The number of carboxylic acid groups (broad SMARTS) is 1. The van der Waals surface area contributed by atoms with E-state index in [9.17, 15) is 14.7 Å². The van der Waals surface area contributed by atoms with Crippen molar-refractivity contribution < 1.29 is 19.4 Å². The zero-order chi connectivity index (χ0) is 17.6. The van der Waals surface area contributed by atoms with Crippen LogP contribution in [-0.4, -0.2) is 36.2 Å². The predicted molar refractivity (Wildman–Crippen MR) is 92.9 cm³/mol. The van der Waals surface area contributed by atoms with Gasteiger partial charge in [-0.2, -0.15) is 0 Å². The molecule has 1 amide bonds. The Morgan fingerprint density at radius 2 is 1.88 bits per heavy atom. The molecule has 1 atom stereocenters. The lowest BCUT2D eigenvalue weighted by atomic mass is 10.0. The van der Waals surface area contributed by atoms with Crippen molar-refractivity contribution in [2.24, 2.45) is 0 Å². The van der Waals surface area contributed by atoms with E-state index in [-0.39, 0.29) is 18.9 Å². The lowest BCUT2D eigenvalue weighted by molar-refractivity contribution is -0.149. The Kier molecular flexibility index (Phi) is 5.93. The first-order valence-electron chi connectivity index (χ1n) is 7.95. The monoisotopic (exact) mass is 329 g/mol. The van der Waals surface area contributed by atoms with Gasteiger partial charge in [0.2, 0.25) is 5.91 Å². The summed E-state index contributed by atoms with van der Waals surface area (Å²) in [4.78, 5) is 23.3. The van der Waals surface area contributed by atoms with Crippen LogP contribution in [0.3, 0.4) is 0 Å². The molecule has 0 aromatic heterocycles. The average molecular weight is 329 g/mol. The lowest BCUT2D eigenvalue weighted by Crippen LogP contribution is -2.55. The molecule has 5 nitrogen and oxygen atoms in total. The Morgan fingerprint density at radius 1 is 1.17 bits per heavy atom. The van der Waals surface area contributed by atoms with Crippen molar-refractivity contribution in [1.29, 1.82) is 0 Å². The van der Waals surface area contributed by atoms with Crippen molar-refractivity contribution in [3.63, 3.8) is 0 Å². The minimum atomic E-state index is -1.39. The normalized spacial score (nSPS) is 13.4. The molecule has 2 aromatic carbocycles. The van der Waals surface area contributed by atoms with Crippen LogP contribution in [0.2, 0.25) is 0 Å². The summed E-state index contributed by atoms with van der Waals surface area (Å²) in [6, 6.07) is 14.4. The summed E-state index contributed by atoms with van der Waals surface area (Å²) in [7, 11) is 1.41. The molecule has 0 spiro atoms. The first-order valence-corrected chi connectivity index (χ1v) is 7.95. The molecule has 0 aliphatic carbocycles. The van der Waals surface area contributed by atoms with Crippen LogP contribution in [0.1, 0.15) is 25.3 Å². The molecule has 1 unspecified atom stereocenters. The van der Waals surface area contributed by atoms with E-state index in [0.29, 0.717) is 6.42 Å². The van der Waals surface area contributed by atoms with Crippen LogP contribution in [0, 0.1) is 0 Å². The molecule has 5 heteroatoms. The Morgan fingerprint density at radius 3 is 2.54 bits per heavy atom. The van der Waals surface area contributed by atoms with E-state index < -0.39 is 11.5 Å². The highest BCUT2D eigenvalue weighted by Crippen LogP contribution is 2.17. The van der Waals surface area contributed by atoms with Gasteiger partial charge < -0.3 is 15.2 Å². The summed E-state index contributed by atoms with van der Waals surface area (Å²) in [5.74, 6) is -1.38. The zero-order valence-corrected chi connectivity index (χ0v) is 14.0.